The molecule has 0 saturated carbocycles. The fraction of sp³-hybridized carbons (Fsp3) is 0.240. The second-order valence-electron chi connectivity index (χ2n) is 7.61. The lowest BCUT2D eigenvalue weighted by atomic mass is 9.90. The topological polar surface area (TPSA) is 40.5 Å². The fourth-order valence-corrected chi connectivity index (χ4v) is 4.32. The Morgan fingerprint density at radius 2 is 1.48 bits per heavy atom. The predicted octanol–water partition coefficient (Wildman–Crippen LogP) is 5.89. The molecule has 1 aliphatic heterocycles. The minimum Gasteiger partial charge on any atom is -0.481 e. The van der Waals surface area contributed by atoms with Crippen molar-refractivity contribution in [2.24, 2.45) is 5.92 Å². The number of benzene rings is 3. The second-order valence-corrected chi connectivity index (χ2v) is 8.05. The number of piperidine rings is 1. The fourth-order valence-electron chi connectivity index (χ4n) is 4.19. The highest BCUT2D eigenvalue weighted by atomic mass is 35.5. The Labute approximate surface area is 176 Å². The van der Waals surface area contributed by atoms with E-state index in [4.69, 9.17) is 11.6 Å². The summed E-state index contributed by atoms with van der Waals surface area (Å²) in [7, 11) is 0. The average molecular weight is 406 g/mol. The minimum atomic E-state index is -0.705. The van der Waals surface area contributed by atoms with Crippen LogP contribution in [0.25, 0.3) is 11.1 Å². The lowest BCUT2D eigenvalue weighted by Crippen LogP contribution is -2.41. The maximum atomic E-state index is 11.6. The molecule has 4 heteroatoms. The van der Waals surface area contributed by atoms with Crippen molar-refractivity contribution in [3.05, 3.63) is 95.0 Å². The summed E-state index contributed by atoms with van der Waals surface area (Å²) in [5.41, 5.74) is 4.66. The first-order valence-corrected chi connectivity index (χ1v) is 10.4. The van der Waals surface area contributed by atoms with Crippen molar-refractivity contribution in [3.8, 4) is 11.1 Å². The number of aliphatic carboxylic acids is 1. The van der Waals surface area contributed by atoms with Crippen molar-refractivity contribution in [1.29, 1.82) is 0 Å². The van der Waals surface area contributed by atoms with Crippen LogP contribution in [0.2, 0.25) is 5.02 Å². The van der Waals surface area contributed by atoms with Gasteiger partial charge in [-0.25, -0.2) is 0 Å². The van der Waals surface area contributed by atoms with Crippen LogP contribution in [0.5, 0.6) is 0 Å². The van der Waals surface area contributed by atoms with Gasteiger partial charge >= 0.3 is 5.97 Å². The van der Waals surface area contributed by atoms with Gasteiger partial charge in [0, 0.05) is 11.6 Å². The van der Waals surface area contributed by atoms with Crippen molar-refractivity contribution < 1.29 is 9.90 Å². The number of hydrogen-bond acceptors (Lipinski definition) is 2. The summed E-state index contributed by atoms with van der Waals surface area (Å²) in [6.07, 6.45) is 1.63. The average Bonchev–Trinajstić information content (AvgIpc) is 2.77. The summed E-state index contributed by atoms with van der Waals surface area (Å²) < 4.78 is 0. The summed E-state index contributed by atoms with van der Waals surface area (Å²) in [6, 6.07) is 26.8. The van der Waals surface area contributed by atoms with E-state index in [2.05, 4.69) is 41.3 Å². The molecule has 4 rings (SSSR count). The van der Waals surface area contributed by atoms with Crippen LogP contribution in [0.3, 0.4) is 0 Å². The van der Waals surface area contributed by atoms with E-state index in [0.717, 1.165) is 30.5 Å². The number of carboxylic acids is 1. The van der Waals surface area contributed by atoms with Gasteiger partial charge in [0.2, 0.25) is 0 Å². The summed E-state index contributed by atoms with van der Waals surface area (Å²) in [5.74, 6) is -1.02. The number of carboxylic acid groups (broad SMARTS) is 1. The Morgan fingerprint density at radius 1 is 0.897 bits per heavy atom. The number of likely N-dealkylation sites (tertiary alicyclic amines) is 1. The molecule has 1 heterocycles. The lowest BCUT2D eigenvalue weighted by Gasteiger charge is -2.37. The van der Waals surface area contributed by atoms with Gasteiger partial charge in [-0.2, -0.15) is 0 Å². The molecule has 0 spiro atoms. The Bertz CT molecular complexity index is 954. The van der Waals surface area contributed by atoms with Gasteiger partial charge in [0.05, 0.1) is 12.0 Å². The quantitative estimate of drug-likeness (QED) is 0.575. The summed E-state index contributed by atoms with van der Waals surface area (Å²) in [5, 5.41) is 10.2. The van der Waals surface area contributed by atoms with E-state index >= 15 is 0 Å². The third kappa shape index (κ3) is 4.52. The number of nitrogens with zero attached hydrogens (tertiary/aromatic N) is 1. The van der Waals surface area contributed by atoms with Gasteiger partial charge in [-0.05, 0) is 53.8 Å². The van der Waals surface area contributed by atoms with Gasteiger partial charge in [-0.15, -0.1) is 0 Å². The largest absolute Gasteiger partial charge is 0.481 e. The molecule has 2 atom stereocenters. The smallest absolute Gasteiger partial charge is 0.307 e. The van der Waals surface area contributed by atoms with Crippen molar-refractivity contribution in [2.45, 2.75) is 18.9 Å². The molecule has 3 aromatic carbocycles. The summed E-state index contributed by atoms with van der Waals surface area (Å²) in [6.45, 7) is 1.45. The van der Waals surface area contributed by atoms with Crippen LogP contribution in [0, 0.1) is 5.92 Å². The molecule has 1 N–H and O–H groups in total. The van der Waals surface area contributed by atoms with Crippen LogP contribution in [0.15, 0.2) is 78.9 Å². The van der Waals surface area contributed by atoms with E-state index in [9.17, 15) is 9.90 Å². The van der Waals surface area contributed by atoms with Gasteiger partial charge in [-0.3, -0.25) is 9.69 Å². The van der Waals surface area contributed by atoms with Crippen LogP contribution in [-0.4, -0.2) is 29.1 Å². The van der Waals surface area contributed by atoms with Crippen molar-refractivity contribution in [3.63, 3.8) is 0 Å². The van der Waals surface area contributed by atoms with Crippen LogP contribution in [-0.2, 0) is 4.79 Å². The lowest BCUT2D eigenvalue weighted by molar-refractivity contribution is -0.143. The Balaban J connectivity index is 1.68. The van der Waals surface area contributed by atoms with Crippen molar-refractivity contribution >= 4 is 17.6 Å². The Hall–Kier alpha value is -2.62. The number of carbonyl (C=O) groups is 1. The Morgan fingerprint density at radius 3 is 2.10 bits per heavy atom. The van der Waals surface area contributed by atoms with Crippen molar-refractivity contribution in [1.82, 2.24) is 4.90 Å². The van der Waals surface area contributed by atoms with Crippen LogP contribution >= 0.6 is 11.6 Å². The van der Waals surface area contributed by atoms with Crippen molar-refractivity contribution in [2.75, 3.05) is 13.1 Å². The zero-order valence-electron chi connectivity index (χ0n) is 16.2. The van der Waals surface area contributed by atoms with Crippen LogP contribution in [0.4, 0.5) is 0 Å². The van der Waals surface area contributed by atoms with Crippen LogP contribution in [0.1, 0.15) is 30.0 Å². The SMILES string of the molecule is O=C(O)C1CCCN(C(c2ccc(Cl)cc2)c2ccc(-c3ccccc3)cc2)C1. The highest BCUT2D eigenvalue weighted by molar-refractivity contribution is 6.30. The van der Waals surface area contributed by atoms with E-state index in [1.165, 1.54) is 11.1 Å². The van der Waals surface area contributed by atoms with Gasteiger partial charge < -0.3 is 5.11 Å². The second kappa shape index (κ2) is 8.81. The van der Waals surface area contributed by atoms with Gasteiger partial charge in [0.1, 0.15) is 0 Å². The third-order valence-electron chi connectivity index (χ3n) is 5.69. The maximum Gasteiger partial charge on any atom is 0.307 e. The molecule has 3 aromatic rings. The molecule has 1 fully saturated rings. The monoisotopic (exact) mass is 405 g/mol. The van der Waals surface area contributed by atoms with E-state index in [0.29, 0.717) is 11.6 Å². The highest BCUT2D eigenvalue weighted by Gasteiger charge is 2.31. The molecule has 0 aromatic heterocycles. The normalized spacial score (nSPS) is 18.3. The molecular formula is C25H24ClNO2. The minimum absolute atomic E-state index is 0.0132. The van der Waals surface area contributed by atoms with E-state index in [1.54, 1.807) is 0 Å². The zero-order chi connectivity index (χ0) is 20.2. The molecule has 0 radical (unpaired) electrons. The number of halogens is 1. The van der Waals surface area contributed by atoms with E-state index in [-0.39, 0.29) is 12.0 Å². The van der Waals surface area contributed by atoms with Gasteiger partial charge in [0.25, 0.3) is 0 Å². The summed E-state index contributed by atoms with van der Waals surface area (Å²) in [4.78, 5) is 13.9. The molecule has 148 valence electrons. The molecular weight excluding hydrogens is 382 g/mol. The first kappa shape index (κ1) is 19.7. The number of rotatable bonds is 5. The Kier molecular flexibility index (Phi) is 5.98. The summed E-state index contributed by atoms with van der Waals surface area (Å²) >= 11 is 6.11. The van der Waals surface area contributed by atoms with E-state index < -0.39 is 5.97 Å². The molecule has 1 saturated heterocycles. The van der Waals surface area contributed by atoms with E-state index in [1.807, 2.05) is 42.5 Å². The maximum absolute atomic E-state index is 11.6. The van der Waals surface area contributed by atoms with Crippen LogP contribution < -0.4 is 0 Å². The van der Waals surface area contributed by atoms with Gasteiger partial charge in [0.15, 0.2) is 0 Å². The van der Waals surface area contributed by atoms with Gasteiger partial charge in [-0.1, -0.05) is 78.3 Å². The molecule has 0 amide bonds. The molecule has 3 nitrogen and oxygen atoms in total. The molecule has 0 bridgehead atoms. The molecule has 2 unspecified atom stereocenters. The molecule has 29 heavy (non-hydrogen) atoms. The molecule has 0 aliphatic carbocycles. The zero-order valence-corrected chi connectivity index (χ0v) is 16.9. The molecule has 1 aliphatic rings. The first-order chi connectivity index (χ1) is 14.1. The number of hydrogen-bond donors (Lipinski definition) is 1. The first-order valence-electron chi connectivity index (χ1n) is 9.99. The standard InChI is InChI=1S/C25H24ClNO2/c26-23-14-12-21(13-15-23)24(27-16-4-7-22(17-27)25(28)29)20-10-8-19(9-11-20)18-5-2-1-3-6-18/h1-3,5-6,8-15,22,24H,4,7,16-17H2,(H,28,29). The predicted molar refractivity (Wildman–Crippen MR) is 117 cm³/mol. The third-order valence-corrected chi connectivity index (χ3v) is 5.94. The highest BCUT2D eigenvalue weighted by Crippen LogP contribution is 2.34.